The van der Waals surface area contributed by atoms with E-state index in [1.165, 1.54) is 5.56 Å². The second-order valence-electron chi connectivity index (χ2n) is 6.32. The number of fused-ring (bicyclic) bond motifs is 1. The van der Waals surface area contributed by atoms with Crippen molar-refractivity contribution in [3.8, 4) is 0 Å². The molecular formula is C20H25BrN6. The van der Waals surface area contributed by atoms with Gasteiger partial charge in [-0.3, -0.25) is 0 Å². The summed E-state index contributed by atoms with van der Waals surface area (Å²) in [5.41, 5.74) is 8.79. The number of aryl methyl sites for hydroxylation is 1. The largest absolute Gasteiger partial charge is 0.382 e. The minimum Gasteiger partial charge on any atom is -0.382 e. The summed E-state index contributed by atoms with van der Waals surface area (Å²) in [6, 6.07) is 10.3. The highest BCUT2D eigenvalue weighted by molar-refractivity contribution is 9.10. The summed E-state index contributed by atoms with van der Waals surface area (Å²) in [5.74, 6) is 0.933. The van der Waals surface area contributed by atoms with Crippen LogP contribution >= 0.6 is 15.9 Å². The van der Waals surface area contributed by atoms with Crippen LogP contribution in [0, 0.1) is 0 Å². The van der Waals surface area contributed by atoms with Gasteiger partial charge in [0.05, 0.1) is 0 Å². The summed E-state index contributed by atoms with van der Waals surface area (Å²) in [4.78, 5) is 13.5. The lowest BCUT2D eigenvalue weighted by Gasteiger charge is -2.08. The van der Waals surface area contributed by atoms with Gasteiger partial charge in [-0.25, -0.2) is 4.98 Å². The number of benzene rings is 1. The second kappa shape index (κ2) is 9.50. The molecule has 0 amide bonds. The molecule has 0 spiro atoms. The molecular weight excluding hydrogens is 404 g/mol. The number of nitrogens with one attached hydrogen (secondary N) is 1. The maximum Gasteiger partial charge on any atom is 0.226 e. The van der Waals surface area contributed by atoms with E-state index < -0.39 is 0 Å². The van der Waals surface area contributed by atoms with Crippen molar-refractivity contribution < 1.29 is 0 Å². The van der Waals surface area contributed by atoms with Crippen LogP contribution in [0.25, 0.3) is 11.2 Å². The van der Waals surface area contributed by atoms with Gasteiger partial charge in [0.15, 0.2) is 21.7 Å². The number of nitrogens with two attached hydrogens (primary N) is 1. The van der Waals surface area contributed by atoms with Crippen LogP contribution < -0.4 is 11.1 Å². The monoisotopic (exact) mass is 428 g/mol. The fourth-order valence-corrected chi connectivity index (χ4v) is 3.41. The predicted octanol–water partition coefficient (Wildman–Crippen LogP) is 4.57. The first-order chi connectivity index (χ1) is 13.2. The SMILES string of the molecule is CC/C=C/CCCn1c(Br)nc2c(N)nc(NCCc3ccccc3)nc21. The highest BCUT2D eigenvalue weighted by Crippen LogP contribution is 2.24. The number of allylic oxidation sites excluding steroid dienone is 2. The molecule has 0 saturated carbocycles. The normalized spacial score (nSPS) is 11.5. The number of nitrogen functional groups attached to an aromatic ring is 1. The van der Waals surface area contributed by atoms with Gasteiger partial charge in [-0.2, -0.15) is 9.97 Å². The zero-order valence-electron chi connectivity index (χ0n) is 15.5. The van der Waals surface area contributed by atoms with E-state index >= 15 is 0 Å². The van der Waals surface area contributed by atoms with E-state index in [9.17, 15) is 0 Å². The van der Waals surface area contributed by atoms with E-state index in [-0.39, 0.29) is 0 Å². The van der Waals surface area contributed by atoms with Gasteiger partial charge < -0.3 is 15.6 Å². The zero-order chi connectivity index (χ0) is 19.1. The molecule has 0 aliphatic carbocycles. The molecule has 3 N–H and O–H groups in total. The third-order valence-electron chi connectivity index (χ3n) is 4.27. The van der Waals surface area contributed by atoms with Crippen LogP contribution in [0.1, 0.15) is 31.7 Å². The minimum atomic E-state index is 0.396. The van der Waals surface area contributed by atoms with Crippen molar-refractivity contribution in [1.29, 1.82) is 0 Å². The van der Waals surface area contributed by atoms with Crippen molar-refractivity contribution >= 4 is 38.9 Å². The number of rotatable bonds is 9. The number of aromatic nitrogens is 4. The maximum absolute atomic E-state index is 6.12. The maximum atomic E-state index is 6.12. The predicted molar refractivity (Wildman–Crippen MR) is 115 cm³/mol. The topological polar surface area (TPSA) is 81.7 Å². The van der Waals surface area contributed by atoms with E-state index in [2.05, 4.69) is 72.0 Å². The number of hydrogen-bond acceptors (Lipinski definition) is 5. The Labute approximate surface area is 168 Å². The molecule has 0 fully saturated rings. The van der Waals surface area contributed by atoms with Gasteiger partial charge in [0.1, 0.15) is 0 Å². The molecule has 0 atom stereocenters. The molecule has 3 rings (SSSR count). The smallest absolute Gasteiger partial charge is 0.226 e. The van der Waals surface area contributed by atoms with Crippen molar-refractivity contribution in [1.82, 2.24) is 19.5 Å². The molecule has 6 nitrogen and oxygen atoms in total. The molecule has 2 heterocycles. The summed E-state index contributed by atoms with van der Waals surface area (Å²) in [5, 5.41) is 3.28. The van der Waals surface area contributed by atoms with Gasteiger partial charge in [0.25, 0.3) is 0 Å². The molecule has 1 aromatic carbocycles. The number of anilines is 2. The third-order valence-corrected chi connectivity index (χ3v) is 4.87. The Bertz CT molecular complexity index is 904. The van der Waals surface area contributed by atoms with Crippen molar-refractivity contribution in [2.24, 2.45) is 0 Å². The molecule has 0 aliphatic rings. The standard InChI is InChI=1S/C20H25BrN6/c1-2-3-4-5-9-14-27-18-16(24-19(27)21)17(22)25-20(26-18)23-13-12-15-10-7-6-8-11-15/h3-4,6-8,10-11H,2,5,9,12-14H2,1H3,(H3,22,23,25,26)/b4-3+. The fraction of sp³-hybridized carbons (Fsp3) is 0.350. The van der Waals surface area contributed by atoms with Gasteiger partial charge in [0, 0.05) is 13.1 Å². The van der Waals surface area contributed by atoms with Crippen LogP contribution in [0.5, 0.6) is 0 Å². The van der Waals surface area contributed by atoms with Crippen LogP contribution in [0.2, 0.25) is 0 Å². The summed E-state index contributed by atoms with van der Waals surface area (Å²) < 4.78 is 2.79. The average Bonchev–Trinajstić information content (AvgIpc) is 2.99. The average molecular weight is 429 g/mol. The molecule has 2 aromatic heterocycles. The molecule has 0 aliphatic heterocycles. The number of nitrogens with zero attached hydrogens (tertiary/aromatic N) is 4. The quantitative estimate of drug-likeness (QED) is 0.296. The molecule has 0 unspecified atom stereocenters. The van der Waals surface area contributed by atoms with Gasteiger partial charge in [-0.1, -0.05) is 49.4 Å². The molecule has 0 bridgehead atoms. The Morgan fingerprint density at radius 3 is 2.74 bits per heavy atom. The van der Waals surface area contributed by atoms with E-state index in [0.29, 0.717) is 17.3 Å². The Kier molecular flexibility index (Phi) is 6.81. The summed E-state index contributed by atoms with van der Waals surface area (Å²) in [7, 11) is 0. The Hall–Kier alpha value is -2.41. The van der Waals surface area contributed by atoms with Crippen LogP contribution in [-0.2, 0) is 13.0 Å². The fourth-order valence-electron chi connectivity index (χ4n) is 2.89. The van der Waals surface area contributed by atoms with Crippen molar-refractivity contribution in [3.63, 3.8) is 0 Å². The molecule has 27 heavy (non-hydrogen) atoms. The van der Waals surface area contributed by atoms with E-state index in [0.717, 1.165) is 49.2 Å². The van der Waals surface area contributed by atoms with Gasteiger partial charge >= 0.3 is 0 Å². The Balaban J connectivity index is 1.71. The number of halogens is 1. The van der Waals surface area contributed by atoms with Crippen LogP contribution in [0.4, 0.5) is 11.8 Å². The minimum absolute atomic E-state index is 0.396. The van der Waals surface area contributed by atoms with Gasteiger partial charge in [-0.05, 0) is 47.2 Å². The molecule has 142 valence electrons. The van der Waals surface area contributed by atoms with Crippen molar-refractivity contribution in [2.45, 2.75) is 39.2 Å². The second-order valence-corrected chi connectivity index (χ2v) is 7.03. The molecule has 3 aromatic rings. The summed E-state index contributed by atoms with van der Waals surface area (Å²) in [6.07, 6.45) is 8.42. The first-order valence-corrected chi connectivity index (χ1v) is 10.1. The molecule has 0 radical (unpaired) electrons. The summed E-state index contributed by atoms with van der Waals surface area (Å²) >= 11 is 3.52. The molecule has 0 saturated heterocycles. The zero-order valence-corrected chi connectivity index (χ0v) is 17.1. The number of unbranched alkanes of at least 4 members (excludes halogenated alkanes) is 1. The third kappa shape index (κ3) is 5.07. The van der Waals surface area contributed by atoms with Crippen molar-refractivity contribution in [3.05, 3.63) is 52.8 Å². The van der Waals surface area contributed by atoms with Crippen LogP contribution in [0.3, 0.4) is 0 Å². The van der Waals surface area contributed by atoms with E-state index in [1.807, 2.05) is 18.2 Å². The highest BCUT2D eigenvalue weighted by atomic mass is 79.9. The lowest BCUT2D eigenvalue weighted by molar-refractivity contribution is 0.648. The first-order valence-electron chi connectivity index (χ1n) is 9.31. The van der Waals surface area contributed by atoms with Gasteiger partial charge in [-0.15, -0.1) is 0 Å². The lowest BCUT2D eigenvalue weighted by Crippen LogP contribution is -2.10. The Morgan fingerprint density at radius 1 is 1.15 bits per heavy atom. The molecule has 7 heteroatoms. The first kappa shape index (κ1) is 19.4. The van der Waals surface area contributed by atoms with Crippen molar-refractivity contribution in [2.75, 3.05) is 17.6 Å². The number of imidazole rings is 1. The lowest BCUT2D eigenvalue weighted by atomic mass is 10.1. The van der Waals surface area contributed by atoms with E-state index in [1.54, 1.807) is 0 Å². The summed E-state index contributed by atoms with van der Waals surface area (Å²) in [6.45, 7) is 3.71. The highest BCUT2D eigenvalue weighted by Gasteiger charge is 2.15. The van der Waals surface area contributed by atoms with E-state index in [4.69, 9.17) is 5.73 Å². The van der Waals surface area contributed by atoms with Crippen LogP contribution in [-0.4, -0.2) is 26.1 Å². The van der Waals surface area contributed by atoms with Gasteiger partial charge in [0.2, 0.25) is 5.95 Å². The Morgan fingerprint density at radius 2 is 1.96 bits per heavy atom. The number of hydrogen-bond donors (Lipinski definition) is 2. The van der Waals surface area contributed by atoms with Crippen LogP contribution in [0.15, 0.2) is 47.2 Å².